The standard InChI is InChI=1S/C13H17BrN2O/c1-4-9(2)16-12(8-15)10-5-6-13(17-3)11(14)7-10/h1,5-7,9,12,16H,8,15H2,2-3H3. The van der Waals surface area contributed by atoms with E-state index in [0.29, 0.717) is 6.54 Å². The molecule has 0 aliphatic carbocycles. The number of nitrogens with one attached hydrogen (secondary N) is 1. The molecule has 17 heavy (non-hydrogen) atoms. The lowest BCUT2D eigenvalue weighted by atomic mass is 10.1. The molecule has 1 rings (SSSR count). The number of terminal acetylenes is 1. The fraction of sp³-hybridized carbons (Fsp3) is 0.385. The molecule has 0 fully saturated rings. The van der Waals surface area contributed by atoms with Crippen LogP contribution in [0, 0.1) is 12.3 Å². The van der Waals surface area contributed by atoms with Crippen LogP contribution in [-0.2, 0) is 0 Å². The summed E-state index contributed by atoms with van der Waals surface area (Å²) in [5.41, 5.74) is 6.84. The van der Waals surface area contributed by atoms with Crippen molar-refractivity contribution in [3.05, 3.63) is 28.2 Å². The van der Waals surface area contributed by atoms with Crippen molar-refractivity contribution in [2.75, 3.05) is 13.7 Å². The van der Waals surface area contributed by atoms with Gasteiger partial charge in [0.15, 0.2) is 0 Å². The lowest BCUT2D eigenvalue weighted by Gasteiger charge is -2.20. The van der Waals surface area contributed by atoms with E-state index >= 15 is 0 Å². The summed E-state index contributed by atoms with van der Waals surface area (Å²) < 4.78 is 6.09. The molecule has 3 nitrogen and oxygen atoms in total. The monoisotopic (exact) mass is 296 g/mol. The van der Waals surface area contributed by atoms with Gasteiger partial charge in [0.1, 0.15) is 5.75 Å². The molecule has 4 heteroatoms. The smallest absolute Gasteiger partial charge is 0.133 e. The SMILES string of the molecule is C#CC(C)NC(CN)c1ccc(OC)c(Br)c1. The number of ether oxygens (including phenoxy) is 1. The first kappa shape index (κ1) is 14.0. The Balaban J connectivity index is 2.89. The molecule has 3 N–H and O–H groups in total. The zero-order valence-electron chi connectivity index (χ0n) is 10.0. The highest BCUT2D eigenvalue weighted by atomic mass is 79.9. The number of benzene rings is 1. The van der Waals surface area contributed by atoms with E-state index in [0.717, 1.165) is 15.8 Å². The minimum absolute atomic E-state index is 0.00979. The molecule has 0 saturated carbocycles. The molecule has 0 aromatic heterocycles. The van der Waals surface area contributed by atoms with Crippen molar-refractivity contribution in [3.8, 4) is 18.1 Å². The Morgan fingerprint density at radius 1 is 1.59 bits per heavy atom. The molecular weight excluding hydrogens is 280 g/mol. The van der Waals surface area contributed by atoms with Crippen LogP contribution in [0.2, 0.25) is 0 Å². The second-order valence-electron chi connectivity index (χ2n) is 3.74. The first-order valence-electron chi connectivity index (χ1n) is 5.38. The van der Waals surface area contributed by atoms with Gasteiger partial charge in [-0.15, -0.1) is 6.42 Å². The Morgan fingerprint density at radius 2 is 2.29 bits per heavy atom. The van der Waals surface area contributed by atoms with Crippen LogP contribution in [0.3, 0.4) is 0 Å². The van der Waals surface area contributed by atoms with Crippen LogP contribution < -0.4 is 15.8 Å². The number of hydrogen-bond donors (Lipinski definition) is 2. The van der Waals surface area contributed by atoms with E-state index < -0.39 is 0 Å². The molecule has 1 aromatic carbocycles. The van der Waals surface area contributed by atoms with Gasteiger partial charge in [-0.25, -0.2) is 0 Å². The molecular formula is C13H17BrN2O. The normalized spacial score (nSPS) is 13.8. The van der Waals surface area contributed by atoms with Crippen molar-refractivity contribution >= 4 is 15.9 Å². The predicted molar refractivity (Wildman–Crippen MR) is 73.9 cm³/mol. The fourth-order valence-corrected chi connectivity index (χ4v) is 2.11. The summed E-state index contributed by atoms with van der Waals surface area (Å²) in [7, 11) is 1.64. The van der Waals surface area contributed by atoms with Gasteiger partial charge in [-0.2, -0.15) is 0 Å². The third kappa shape index (κ3) is 3.74. The van der Waals surface area contributed by atoms with E-state index in [-0.39, 0.29) is 12.1 Å². The van der Waals surface area contributed by atoms with E-state index in [1.807, 2.05) is 25.1 Å². The number of rotatable bonds is 5. The molecule has 92 valence electrons. The van der Waals surface area contributed by atoms with E-state index in [9.17, 15) is 0 Å². The summed E-state index contributed by atoms with van der Waals surface area (Å²) in [4.78, 5) is 0. The summed E-state index contributed by atoms with van der Waals surface area (Å²) in [6.07, 6.45) is 5.35. The van der Waals surface area contributed by atoms with Gasteiger partial charge in [-0.1, -0.05) is 12.0 Å². The Hall–Kier alpha value is -1.02. The molecule has 0 spiro atoms. The molecule has 0 bridgehead atoms. The largest absolute Gasteiger partial charge is 0.496 e. The molecule has 0 aliphatic heterocycles. The Labute approximate surface area is 111 Å². The zero-order valence-corrected chi connectivity index (χ0v) is 11.6. The molecule has 2 atom stereocenters. The Bertz CT molecular complexity index is 414. The van der Waals surface area contributed by atoms with Gasteiger partial charge < -0.3 is 10.5 Å². The quantitative estimate of drug-likeness (QED) is 0.818. The van der Waals surface area contributed by atoms with Crippen LogP contribution in [-0.4, -0.2) is 19.7 Å². The van der Waals surface area contributed by atoms with Gasteiger partial charge in [0.05, 0.1) is 17.6 Å². The Kier molecular flexibility index (Phi) is 5.49. The molecule has 0 heterocycles. The third-order valence-corrected chi connectivity index (χ3v) is 3.13. The summed E-state index contributed by atoms with van der Waals surface area (Å²) in [5, 5.41) is 3.27. The van der Waals surface area contributed by atoms with Crippen molar-refractivity contribution < 1.29 is 4.74 Å². The second-order valence-corrected chi connectivity index (χ2v) is 4.59. The van der Waals surface area contributed by atoms with Crippen LogP contribution in [0.25, 0.3) is 0 Å². The van der Waals surface area contributed by atoms with Crippen molar-refractivity contribution in [2.24, 2.45) is 5.73 Å². The maximum Gasteiger partial charge on any atom is 0.133 e. The summed E-state index contributed by atoms with van der Waals surface area (Å²) >= 11 is 3.45. The van der Waals surface area contributed by atoms with Gasteiger partial charge in [-0.3, -0.25) is 5.32 Å². The average molecular weight is 297 g/mol. The number of methoxy groups -OCH3 is 1. The fourth-order valence-electron chi connectivity index (χ4n) is 1.55. The van der Waals surface area contributed by atoms with Gasteiger partial charge >= 0.3 is 0 Å². The topological polar surface area (TPSA) is 47.3 Å². The van der Waals surface area contributed by atoms with E-state index in [1.165, 1.54) is 0 Å². The van der Waals surface area contributed by atoms with Crippen molar-refractivity contribution in [1.82, 2.24) is 5.32 Å². The van der Waals surface area contributed by atoms with E-state index in [1.54, 1.807) is 7.11 Å². The zero-order chi connectivity index (χ0) is 12.8. The Morgan fingerprint density at radius 3 is 2.76 bits per heavy atom. The van der Waals surface area contributed by atoms with Crippen LogP contribution in [0.4, 0.5) is 0 Å². The highest BCUT2D eigenvalue weighted by Gasteiger charge is 2.13. The molecule has 0 radical (unpaired) electrons. The number of hydrogen-bond acceptors (Lipinski definition) is 3. The minimum atomic E-state index is -0.00979. The van der Waals surface area contributed by atoms with Crippen LogP contribution in [0.1, 0.15) is 18.5 Å². The first-order chi connectivity index (χ1) is 8.12. The number of halogens is 1. The summed E-state index contributed by atoms with van der Waals surface area (Å²) in [6, 6.07) is 5.92. The second kappa shape index (κ2) is 6.65. The average Bonchev–Trinajstić information content (AvgIpc) is 2.35. The summed E-state index contributed by atoms with van der Waals surface area (Å²) in [5.74, 6) is 3.43. The predicted octanol–water partition coefficient (Wildman–Crippen LogP) is 2.07. The molecule has 0 saturated heterocycles. The summed E-state index contributed by atoms with van der Waals surface area (Å²) in [6.45, 7) is 2.42. The maximum atomic E-state index is 5.75. The lowest BCUT2D eigenvalue weighted by molar-refractivity contribution is 0.411. The lowest BCUT2D eigenvalue weighted by Crippen LogP contribution is -2.34. The van der Waals surface area contributed by atoms with E-state index in [4.69, 9.17) is 16.9 Å². The van der Waals surface area contributed by atoms with Gasteiger partial charge in [0, 0.05) is 12.6 Å². The van der Waals surface area contributed by atoms with Gasteiger partial charge in [0.2, 0.25) is 0 Å². The van der Waals surface area contributed by atoms with Gasteiger partial charge in [-0.05, 0) is 40.5 Å². The van der Waals surface area contributed by atoms with Crippen molar-refractivity contribution in [1.29, 1.82) is 0 Å². The van der Waals surface area contributed by atoms with E-state index in [2.05, 4.69) is 27.2 Å². The van der Waals surface area contributed by atoms with Crippen molar-refractivity contribution in [2.45, 2.75) is 19.0 Å². The van der Waals surface area contributed by atoms with Crippen molar-refractivity contribution in [3.63, 3.8) is 0 Å². The molecule has 2 unspecified atom stereocenters. The highest BCUT2D eigenvalue weighted by Crippen LogP contribution is 2.27. The van der Waals surface area contributed by atoms with Gasteiger partial charge in [0.25, 0.3) is 0 Å². The number of nitrogens with two attached hydrogens (primary N) is 1. The molecule has 1 aromatic rings. The first-order valence-corrected chi connectivity index (χ1v) is 6.17. The third-order valence-electron chi connectivity index (χ3n) is 2.52. The van der Waals surface area contributed by atoms with Crippen LogP contribution >= 0.6 is 15.9 Å². The molecule has 0 amide bonds. The van der Waals surface area contributed by atoms with Crippen LogP contribution in [0.5, 0.6) is 5.75 Å². The van der Waals surface area contributed by atoms with Crippen LogP contribution in [0.15, 0.2) is 22.7 Å². The highest BCUT2D eigenvalue weighted by molar-refractivity contribution is 9.10. The molecule has 0 aliphatic rings. The maximum absolute atomic E-state index is 5.75. The minimum Gasteiger partial charge on any atom is -0.496 e.